The Morgan fingerprint density at radius 1 is 1.15 bits per heavy atom. The molecule has 0 atom stereocenters. The van der Waals surface area contributed by atoms with Gasteiger partial charge in [-0.1, -0.05) is 12.1 Å². The Hall–Kier alpha value is -2.49. The molecule has 2 aromatic carbocycles. The van der Waals surface area contributed by atoms with E-state index in [0.717, 1.165) is 22.5 Å². The van der Waals surface area contributed by atoms with Gasteiger partial charge in [-0.2, -0.15) is 0 Å². The fourth-order valence-electron chi connectivity index (χ4n) is 2.43. The second kappa shape index (κ2) is 4.56. The van der Waals surface area contributed by atoms with Crippen LogP contribution in [0.4, 0.5) is 5.95 Å². The summed E-state index contributed by atoms with van der Waals surface area (Å²) < 4.78 is 7.27. The molecule has 0 aliphatic rings. The number of ether oxygens (including phenoxy) is 1. The molecule has 1 heterocycles. The maximum absolute atomic E-state index is 6.11. The second-order valence-corrected chi connectivity index (χ2v) is 4.88. The molecule has 0 bridgehead atoms. The largest absolute Gasteiger partial charge is 0.497 e. The van der Waals surface area contributed by atoms with Crippen molar-refractivity contribution >= 4 is 17.0 Å². The number of rotatable bonds is 2. The SMILES string of the molecule is COc1ccc2nc(N)n(-c3cccc(C)c3C)c2c1. The third-order valence-corrected chi connectivity index (χ3v) is 3.70. The van der Waals surface area contributed by atoms with Crippen LogP contribution in [0.25, 0.3) is 16.7 Å². The van der Waals surface area contributed by atoms with Gasteiger partial charge in [0.1, 0.15) is 5.75 Å². The first-order valence-corrected chi connectivity index (χ1v) is 6.50. The standard InChI is InChI=1S/C16H17N3O/c1-10-5-4-6-14(11(10)2)19-15-9-12(20-3)7-8-13(15)18-16(19)17/h4-9H,1-3H3,(H2,17,18). The lowest BCUT2D eigenvalue weighted by atomic mass is 10.1. The van der Waals surface area contributed by atoms with Gasteiger partial charge in [-0.05, 0) is 43.2 Å². The molecule has 0 unspecified atom stereocenters. The maximum Gasteiger partial charge on any atom is 0.205 e. The zero-order valence-electron chi connectivity index (χ0n) is 11.8. The Labute approximate surface area is 117 Å². The first-order valence-electron chi connectivity index (χ1n) is 6.50. The predicted octanol–water partition coefficient (Wildman–Crippen LogP) is 3.23. The Kier molecular flexibility index (Phi) is 2.86. The minimum absolute atomic E-state index is 0.488. The molecule has 0 aliphatic carbocycles. The molecule has 4 heteroatoms. The summed E-state index contributed by atoms with van der Waals surface area (Å²) in [5.41, 5.74) is 11.4. The average Bonchev–Trinajstić information content (AvgIpc) is 2.77. The first kappa shape index (κ1) is 12.5. The molecule has 1 aromatic heterocycles. The number of nitrogens with two attached hydrogens (primary N) is 1. The molecule has 0 saturated heterocycles. The summed E-state index contributed by atoms with van der Waals surface area (Å²) in [6, 6.07) is 12.0. The van der Waals surface area contributed by atoms with Crippen molar-refractivity contribution in [2.45, 2.75) is 13.8 Å². The van der Waals surface area contributed by atoms with Gasteiger partial charge in [-0.25, -0.2) is 4.98 Å². The molecule has 0 saturated carbocycles. The molecule has 0 spiro atoms. The molecule has 4 nitrogen and oxygen atoms in total. The van der Waals surface area contributed by atoms with Crippen LogP contribution >= 0.6 is 0 Å². The lowest BCUT2D eigenvalue weighted by Crippen LogP contribution is -2.03. The lowest BCUT2D eigenvalue weighted by molar-refractivity contribution is 0.415. The van der Waals surface area contributed by atoms with Crippen LogP contribution in [-0.2, 0) is 0 Å². The van der Waals surface area contributed by atoms with E-state index in [0.29, 0.717) is 5.95 Å². The van der Waals surface area contributed by atoms with Crippen molar-refractivity contribution in [3.63, 3.8) is 0 Å². The average molecular weight is 267 g/mol. The normalized spacial score (nSPS) is 10.9. The molecule has 0 aliphatic heterocycles. The molecule has 3 rings (SSSR count). The van der Waals surface area contributed by atoms with Crippen LogP contribution in [0.2, 0.25) is 0 Å². The van der Waals surface area contributed by atoms with Crippen molar-refractivity contribution in [3.8, 4) is 11.4 Å². The fraction of sp³-hybridized carbons (Fsp3) is 0.188. The van der Waals surface area contributed by atoms with Crippen molar-refractivity contribution < 1.29 is 4.74 Å². The summed E-state index contributed by atoms with van der Waals surface area (Å²) in [5.74, 6) is 1.28. The van der Waals surface area contributed by atoms with Gasteiger partial charge in [0.05, 0.1) is 23.8 Å². The van der Waals surface area contributed by atoms with Crippen molar-refractivity contribution in [3.05, 3.63) is 47.5 Å². The van der Waals surface area contributed by atoms with E-state index in [1.807, 2.05) is 28.8 Å². The van der Waals surface area contributed by atoms with E-state index in [9.17, 15) is 0 Å². The number of imidazole rings is 1. The zero-order valence-corrected chi connectivity index (χ0v) is 11.8. The van der Waals surface area contributed by atoms with Gasteiger partial charge >= 0.3 is 0 Å². The summed E-state index contributed by atoms with van der Waals surface area (Å²) >= 11 is 0. The van der Waals surface area contributed by atoms with E-state index < -0.39 is 0 Å². The highest BCUT2D eigenvalue weighted by Crippen LogP contribution is 2.28. The second-order valence-electron chi connectivity index (χ2n) is 4.88. The summed E-state index contributed by atoms with van der Waals surface area (Å²) in [4.78, 5) is 4.42. The van der Waals surface area contributed by atoms with Crippen molar-refractivity contribution in [2.75, 3.05) is 12.8 Å². The van der Waals surface area contributed by atoms with Gasteiger partial charge < -0.3 is 10.5 Å². The molecular weight excluding hydrogens is 250 g/mol. The highest BCUT2D eigenvalue weighted by Gasteiger charge is 2.13. The van der Waals surface area contributed by atoms with Crippen molar-refractivity contribution in [1.82, 2.24) is 9.55 Å². The number of methoxy groups -OCH3 is 1. The van der Waals surface area contributed by atoms with Crippen LogP contribution in [-0.4, -0.2) is 16.7 Å². The lowest BCUT2D eigenvalue weighted by Gasteiger charge is -2.12. The van der Waals surface area contributed by atoms with E-state index in [1.54, 1.807) is 7.11 Å². The van der Waals surface area contributed by atoms with Crippen molar-refractivity contribution in [1.29, 1.82) is 0 Å². The van der Waals surface area contributed by atoms with Gasteiger partial charge in [0.25, 0.3) is 0 Å². The quantitative estimate of drug-likeness (QED) is 0.775. The van der Waals surface area contributed by atoms with E-state index in [-0.39, 0.29) is 0 Å². The number of anilines is 1. The molecule has 20 heavy (non-hydrogen) atoms. The number of hydrogen-bond acceptors (Lipinski definition) is 3. The van der Waals surface area contributed by atoms with Gasteiger partial charge in [0, 0.05) is 6.07 Å². The molecule has 2 N–H and O–H groups in total. The van der Waals surface area contributed by atoms with Crippen LogP contribution in [0, 0.1) is 13.8 Å². The molecular formula is C16H17N3O. The minimum atomic E-state index is 0.488. The highest BCUT2D eigenvalue weighted by molar-refractivity contribution is 5.82. The summed E-state index contributed by atoms with van der Waals surface area (Å²) in [7, 11) is 1.66. The predicted molar refractivity (Wildman–Crippen MR) is 81.5 cm³/mol. The number of nitrogen functional groups attached to an aromatic ring is 1. The van der Waals surface area contributed by atoms with Gasteiger partial charge in [-0.15, -0.1) is 0 Å². The Morgan fingerprint density at radius 3 is 2.70 bits per heavy atom. The summed E-state index contributed by atoms with van der Waals surface area (Å²) in [6.45, 7) is 4.19. The third-order valence-electron chi connectivity index (χ3n) is 3.70. The molecule has 0 fully saturated rings. The smallest absolute Gasteiger partial charge is 0.205 e. The molecule has 0 radical (unpaired) electrons. The number of aromatic nitrogens is 2. The number of nitrogens with zero attached hydrogens (tertiary/aromatic N) is 2. The topological polar surface area (TPSA) is 53.1 Å². The number of hydrogen-bond donors (Lipinski definition) is 1. The first-order chi connectivity index (χ1) is 9.61. The number of aryl methyl sites for hydroxylation is 1. The molecule has 3 aromatic rings. The third kappa shape index (κ3) is 1.81. The Morgan fingerprint density at radius 2 is 1.95 bits per heavy atom. The fourth-order valence-corrected chi connectivity index (χ4v) is 2.43. The van der Waals surface area contributed by atoms with Crippen LogP contribution < -0.4 is 10.5 Å². The van der Waals surface area contributed by atoms with E-state index >= 15 is 0 Å². The summed E-state index contributed by atoms with van der Waals surface area (Å²) in [6.07, 6.45) is 0. The van der Waals surface area contributed by atoms with E-state index in [1.165, 1.54) is 11.1 Å². The summed E-state index contributed by atoms with van der Waals surface area (Å²) in [5, 5.41) is 0. The molecule has 0 amide bonds. The zero-order chi connectivity index (χ0) is 14.3. The Bertz CT molecular complexity index is 790. The van der Waals surface area contributed by atoms with Crippen LogP contribution in [0.15, 0.2) is 36.4 Å². The number of benzene rings is 2. The van der Waals surface area contributed by atoms with Gasteiger partial charge in [-0.3, -0.25) is 4.57 Å². The van der Waals surface area contributed by atoms with Gasteiger partial charge in [0.2, 0.25) is 5.95 Å². The van der Waals surface area contributed by atoms with Crippen LogP contribution in [0.3, 0.4) is 0 Å². The Balaban J connectivity index is 2.35. The van der Waals surface area contributed by atoms with Crippen LogP contribution in [0.1, 0.15) is 11.1 Å². The number of fused-ring (bicyclic) bond motifs is 1. The van der Waals surface area contributed by atoms with E-state index in [4.69, 9.17) is 10.5 Å². The highest BCUT2D eigenvalue weighted by atomic mass is 16.5. The van der Waals surface area contributed by atoms with Gasteiger partial charge in [0.15, 0.2) is 0 Å². The van der Waals surface area contributed by atoms with Crippen molar-refractivity contribution in [2.24, 2.45) is 0 Å². The maximum atomic E-state index is 6.11. The molecule has 102 valence electrons. The van der Waals surface area contributed by atoms with E-state index in [2.05, 4.69) is 31.0 Å². The minimum Gasteiger partial charge on any atom is -0.497 e. The van der Waals surface area contributed by atoms with Crippen LogP contribution in [0.5, 0.6) is 5.75 Å². The monoisotopic (exact) mass is 267 g/mol.